The van der Waals surface area contributed by atoms with Crippen LogP contribution in [0.4, 0.5) is 0 Å². The van der Waals surface area contributed by atoms with Gasteiger partial charge in [-0.2, -0.15) is 0 Å². The molecule has 0 saturated heterocycles. The van der Waals surface area contributed by atoms with Crippen LogP contribution in [-0.4, -0.2) is 47.5 Å². The number of benzene rings is 1. The van der Waals surface area contributed by atoms with Gasteiger partial charge in [-0.1, -0.05) is 0 Å². The monoisotopic (exact) mass is 294 g/mol. The quantitative estimate of drug-likeness (QED) is 0.918. The number of fused-ring (bicyclic) bond motifs is 1. The molecule has 5 nitrogen and oxygen atoms in total. The maximum atomic E-state index is 12.0. The van der Waals surface area contributed by atoms with Crippen LogP contribution >= 0.6 is 11.6 Å². The number of imidazole rings is 1. The van der Waals surface area contributed by atoms with Gasteiger partial charge < -0.3 is 14.8 Å². The van der Waals surface area contributed by atoms with Crippen molar-refractivity contribution in [2.45, 2.75) is 13.5 Å². The number of aryl methyl sites for hydroxylation is 1. The fourth-order valence-corrected chi connectivity index (χ4v) is 2.34. The molecule has 0 aliphatic heterocycles. The molecule has 1 heterocycles. The Labute approximate surface area is 123 Å². The summed E-state index contributed by atoms with van der Waals surface area (Å²) in [7, 11) is 3.94. The highest BCUT2D eigenvalue weighted by Gasteiger charge is 2.11. The Morgan fingerprint density at radius 2 is 2.20 bits per heavy atom. The smallest absolute Gasteiger partial charge is 0.251 e. The first-order chi connectivity index (χ1) is 9.52. The second-order valence-electron chi connectivity index (χ2n) is 4.89. The third-order valence-corrected chi connectivity index (χ3v) is 3.41. The minimum atomic E-state index is -0.0871. The molecule has 108 valence electrons. The van der Waals surface area contributed by atoms with Crippen molar-refractivity contribution in [1.82, 2.24) is 19.8 Å². The number of hydrogen-bond acceptors (Lipinski definition) is 3. The maximum Gasteiger partial charge on any atom is 0.251 e. The largest absolute Gasteiger partial charge is 0.351 e. The van der Waals surface area contributed by atoms with Crippen LogP contribution in [0.2, 0.25) is 5.28 Å². The van der Waals surface area contributed by atoms with Crippen LogP contribution in [0.15, 0.2) is 18.2 Å². The topological polar surface area (TPSA) is 50.2 Å². The molecule has 0 radical (unpaired) electrons. The summed E-state index contributed by atoms with van der Waals surface area (Å²) < 4.78 is 1.91. The Kier molecular flexibility index (Phi) is 4.62. The molecule has 1 aromatic carbocycles. The summed E-state index contributed by atoms with van der Waals surface area (Å²) in [6.45, 7) is 4.19. The number of nitrogens with zero attached hydrogens (tertiary/aromatic N) is 3. The van der Waals surface area contributed by atoms with E-state index < -0.39 is 0 Å². The first-order valence-corrected chi connectivity index (χ1v) is 6.99. The lowest BCUT2D eigenvalue weighted by atomic mass is 10.2. The third kappa shape index (κ3) is 3.11. The van der Waals surface area contributed by atoms with Gasteiger partial charge in [-0.25, -0.2) is 4.98 Å². The van der Waals surface area contributed by atoms with E-state index in [1.54, 1.807) is 12.1 Å². The van der Waals surface area contributed by atoms with E-state index >= 15 is 0 Å². The molecule has 20 heavy (non-hydrogen) atoms. The van der Waals surface area contributed by atoms with E-state index in [1.165, 1.54) is 0 Å². The Hall–Kier alpha value is -1.59. The molecule has 0 unspecified atom stereocenters. The highest BCUT2D eigenvalue weighted by atomic mass is 35.5. The standard InChI is InChI=1S/C14H19ClN4O/c1-4-19-12-6-5-10(9-11(12)17-14(19)15)13(20)16-7-8-18(2)3/h5-6,9H,4,7-8H2,1-3H3,(H,16,20). The Morgan fingerprint density at radius 3 is 2.85 bits per heavy atom. The van der Waals surface area contributed by atoms with Crippen molar-refractivity contribution in [1.29, 1.82) is 0 Å². The molecule has 6 heteroatoms. The van der Waals surface area contributed by atoms with Gasteiger partial charge in [0.2, 0.25) is 5.28 Å². The van der Waals surface area contributed by atoms with E-state index in [9.17, 15) is 4.79 Å². The fourth-order valence-electron chi connectivity index (χ4n) is 2.04. The summed E-state index contributed by atoms with van der Waals surface area (Å²) in [5.41, 5.74) is 2.30. The highest BCUT2D eigenvalue weighted by molar-refractivity contribution is 6.29. The molecule has 1 N–H and O–H groups in total. The lowest BCUT2D eigenvalue weighted by Gasteiger charge is -2.10. The molecular weight excluding hydrogens is 276 g/mol. The number of rotatable bonds is 5. The van der Waals surface area contributed by atoms with Crippen molar-refractivity contribution in [3.05, 3.63) is 29.0 Å². The van der Waals surface area contributed by atoms with Gasteiger partial charge in [-0.3, -0.25) is 4.79 Å². The van der Waals surface area contributed by atoms with Gasteiger partial charge in [-0.05, 0) is 50.8 Å². The van der Waals surface area contributed by atoms with Crippen LogP contribution in [0.1, 0.15) is 17.3 Å². The number of halogens is 1. The van der Waals surface area contributed by atoms with Gasteiger partial charge >= 0.3 is 0 Å². The molecule has 0 fully saturated rings. The normalized spacial score (nSPS) is 11.2. The number of hydrogen-bond donors (Lipinski definition) is 1. The van der Waals surface area contributed by atoms with Gasteiger partial charge in [-0.15, -0.1) is 0 Å². The Bertz CT molecular complexity index is 621. The molecule has 1 amide bonds. The van der Waals surface area contributed by atoms with Gasteiger partial charge in [0, 0.05) is 25.2 Å². The van der Waals surface area contributed by atoms with Gasteiger partial charge in [0.05, 0.1) is 11.0 Å². The van der Waals surface area contributed by atoms with Crippen molar-refractivity contribution in [2.75, 3.05) is 27.2 Å². The van der Waals surface area contributed by atoms with Crippen LogP contribution in [0.3, 0.4) is 0 Å². The minimum Gasteiger partial charge on any atom is -0.351 e. The third-order valence-electron chi connectivity index (χ3n) is 3.12. The summed E-state index contributed by atoms with van der Waals surface area (Å²) in [5.74, 6) is -0.0871. The summed E-state index contributed by atoms with van der Waals surface area (Å²) in [5, 5.41) is 3.33. The van der Waals surface area contributed by atoms with Crippen LogP contribution in [-0.2, 0) is 6.54 Å². The predicted molar refractivity (Wildman–Crippen MR) is 81.3 cm³/mol. The number of carbonyl (C=O) groups excluding carboxylic acids is 1. The Balaban J connectivity index is 2.17. The van der Waals surface area contributed by atoms with Crippen LogP contribution in [0.5, 0.6) is 0 Å². The van der Waals surface area contributed by atoms with E-state index in [4.69, 9.17) is 11.6 Å². The van der Waals surface area contributed by atoms with Crippen LogP contribution in [0, 0.1) is 0 Å². The second-order valence-corrected chi connectivity index (χ2v) is 5.23. The molecule has 0 bridgehead atoms. The second kappa shape index (κ2) is 6.24. The number of likely N-dealkylation sites (N-methyl/N-ethyl adjacent to an activating group) is 1. The first kappa shape index (κ1) is 14.8. The predicted octanol–water partition coefficient (Wildman–Crippen LogP) is 2.00. The number of nitrogens with one attached hydrogen (secondary N) is 1. The lowest BCUT2D eigenvalue weighted by Crippen LogP contribution is -2.31. The van der Waals surface area contributed by atoms with Gasteiger partial charge in [0.15, 0.2) is 0 Å². The zero-order valence-corrected chi connectivity index (χ0v) is 12.7. The molecule has 0 aliphatic carbocycles. The van der Waals surface area contributed by atoms with Crippen molar-refractivity contribution < 1.29 is 4.79 Å². The molecule has 0 spiro atoms. The minimum absolute atomic E-state index is 0.0871. The summed E-state index contributed by atoms with van der Waals surface area (Å²) in [6, 6.07) is 5.47. The van der Waals surface area contributed by atoms with Gasteiger partial charge in [0.1, 0.15) is 0 Å². The molecule has 0 atom stereocenters. The first-order valence-electron chi connectivity index (χ1n) is 6.61. The summed E-state index contributed by atoms with van der Waals surface area (Å²) in [6.07, 6.45) is 0. The van der Waals surface area contributed by atoms with Crippen molar-refractivity contribution in [3.8, 4) is 0 Å². The van der Waals surface area contributed by atoms with E-state index in [-0.39, 0.29) is 5.91 Å². The van der Waals surface area contributed by atoms with Crippen molar-refractivity contribution in [3.63, 3.8) is 0 Å². The molecule has 2 rings (SSSR count). The molecule has 0 saturated carbocycles. The summed E-state index contributed by atoms with van der Waals surface area (Å²) in [4.78, 5) is 18.3. The average Bonchev–Trinajstić information content (AvgIpc) is 2.72. The van der Waals surface area contributed by atoms with E-state index in [0.717, 1.165) is 24.1 Å². The molecular formula is C14H19ClN4O. The highest BCUT2D eigenvalue weighted by Crippen LogP contribution is 2.20. The van der Waals surface area contributed by atoms with E-state index in [1.807, 2.05) is 36.6 Å². The molecule has 1 aromatic heterocycles. The Morgan fingerprint density at radius 1 is 1.45 bits per heavy atom. The van der Waals surface area contributed by atoms with Gasteiger partial charge in [0.25, 0.3) is 5.91 Å². The SMILES string of the molecule is CCn1c(Cl)nc2cc(C(=O)NCCN(C)C)ccc21. The average molecular weight is 295 g/mol. The number of carbonyl (C=O) groups is 1. The zero-order valence-electron chi connectivity index (χ0n) is 12.0. The van der Waals surface area contributed by atoms with Crippen molar-refractivity contribution >= 4 is 28.5 Å². The fraction of sp³-hybridized carbons (Fsp3) is 0.429. The van der Waals surface area contributed by atoms with E-state index in [0.29, 0.717) is 17.4 Å². The summed E-state index contributed by atoms with van der Waals surface area (Å²) >= 11 is 6.06. The maximum absolute atomic E-state index is 12.0. The van der Waals surface area contributed by atoms with Crippen LogP contribution < -0.4 is 5.32 Å². The van der Waals surface area contributed by atoms with Crippen molar-refractivity contribution in [2.24, 2.45) is 0 Å². The van der Waals surface area contributed by atoms with E-state index in [2.05, 4.69) is 10.3 Å². The number of aromatic nitrogens is 2. The zero-order chi connectivity index (χ0) is 14.7. The molecule has 2 aromatic rings. The number of amides is 1. The lowest BCUT2D eigenvalue weighted by molar-refractivity contribution is 0.0951. The molecule has 0 aliphatic rings. The van der Waals surface area contributed by atoms with Crippen LogP contribution in [0.25, 0.3) is 11.0 Å².